The van der Waals surface area contributed by atoms with E-state index in [0.717, 1.165) is 5.69 Å². The average molecular weight is 361 g/mol. The third kappa shape index (κ3) is 2.47. The first-order valence-electron chi connectivity index (χ1n) is 9.75. The molecule has 1 aliphatic rings. The van der Waals surface area contributed by atoms with E-state index in [2.05, 4.69) is 98.8 Å². The van der Waals surface area contributed by atoms with Crippen LogP contribution in [-0.4, -0.2) is 0 Å². The van der Waals surface area contributed by atoms with Crippen LogP contribution >= 0.6 is 0 Å². The Morgan fingerprint density at radius 1 is 0.536 bits per heavy atom. The van der Waals surface area contributed by atoms with Crippen molar-refractivity contribution in [1.82, 2.24) is 0 Å². The van der Waals surface area contributed by atoms with Gasteiger partial charge >= 0.3 is 0 Å². The first kappa shape index (κ1) is 16.8. The summed E-state index contributed by atoms with van der Waals surface area (Å²) in [5, 5.41) is 0. The molecule has 1 aliphatic carbocycles. The lowest BCUT2D eigenvalue weighted by molar-refractivity contribution is 0.660. The summed E-state index contributed by atoms with van der Waals surface area (Å²) in [7, 11) is 0. The van der Waals surface area contributed by atoms with Crippen LogP contribution in [0.15, 0.2) is 91.0 Å². The van der Waals surface area contributed by atoms with Crippen LogP contribution in [-0.2, 0) is 5.41 Å². The van der Waals surface area contributed by atoms with Gasteiger partial charge in [-0.2, -0.15) is 0 Å². The maximum absolute atomic E-state index is 6.18. The highest BCUT2D eigenvalue weighted by molar-refractivity contribution is 5.89. The van der Waals surface area contributed by atoms with Gasteiger partial charge in [0.25, 0.3) is 0 Å². The van der Waals surface area contributed by atoms with Crippen molar-refractivity contribution in [3.05, 3.63) is 102 Å². The van der Waals surface area contributed by atoms with Crippen molar-refractivity contribution in [3.63, 3.8) is 0 Å². The van der Waals surface area contributed by atoms with Crippen LogP contribution in [0.2, 0.25) is 0 Å². The molecule has 0 bridgehead atoms. The van der Waals surface area contributed by atoms with E-state index < -0.39 is 0 Å². The Balaban J connectivity index is 1.72. The highest BCUT2D eigenvalue weighted by Crippen LogP contribution is 2.50. The van der Waals surface area contributed by atoms with E-state index in [4.69, 9.17) is 5.73 Å². The Labute approximate surface area is 166 Å². The molecule has 136 valence electrons. The van der Waals surface area contributed by atoms with E-state index >= 15 is 0 Å². The third-order valence-corrected chi connectivity index (χ3v) is 6.02. The van der Waals surface area contributed by atoms with E-state index in [9.17, 15) is 0 Å². The van der Waals surface area contributed by atoms with Gasteiger partial charge < -0.3 is 5.73 Å². The first-order chi connectivity index (χ1) is 13.6. The normalized spacial score (nSPS) is 13.8. The summed E-state index contributed by atoms with van der Waals surface area (Å²) in [5.41, 5.74) is 17.3. The van der Waals surface area contributed by atoms with Crippen molar-refractivity contribution >= 4 is 5.69 Å². The SMILES string of the molecule is CC1(C)c2ccccc2-c2ccc(-c3cc(N)ccc3-c3ccccc3)cc21. The highest BCUT2D eigenvalue weighted by Gasteiger charge is 2.35. The minimum absolute atomic E-state index is 0.00479. The molecule has 0 atom stereocenters. The second kappa shape index (κ2) is 6.10. The summed E-state index contributed by atoms with van der Waals surface area (Å²) in [5.74, 6) is 0. The van der Waals surface area contributed by atoms with Crippen LogP contribution in [0.25, 0.3) is 33.4 Å². The fourth-order valence-corrected chi connectivity index (χ4v) is 4.54. The molecule has 5 rings (SSSR count). The standard InChI is InChI=1S/C27H23N/c1-27(2)25-11-7-6-10-22(25)23-14-12-19(16-26(23)27)24-17-20(28)13-15-21(24)18-8-4-3-5-9-18/h3-17H,28H2,1-2H3. The molecule has 0 aromatic heterocycles. The molecule has 4 aromatic rings. The molecule has 0 spiro atoms. The molecular weight excluding hydrogens is 338 g/mol. The van der Waals surface area contributed by atoms with Crippen LogP contribution in [0.4, 0.5) is 5.69 Å². The largest absolute Gasteiger partial charge is 0.399 e. The number of hydrogen-bond acceptors (Lipinski definition) is 1. The maximum atomic E-state index is 6.18. The number of benzene rings is 4. The van der Waals surface area contributed by atoms with Crippen molar-refractivity contribution in [2.24, 2.45) is 0 Å². The van der Waals surface area contributed by atoms with E-state index in [1.54, 1.807) is 0 Å². The lowest BCUT2D eigenvalue weighted by Crippen LogP contribution is -2.14. The first-order valence-corrected chi connectivity index (χ1v) is 9.75. The van der Waals surface area contributed by atoms with Crippen LogP contribution in [0.3, 0.4) is 0 Å². The zero-order valence-electron chi connectivity index (χ0n) is 16.2. The van der Waals surface area contributed by atoms with E-state index in [1.165, 1.54) is 44.5 Å². The van der Waals surface area contributed by atoms with Crippen LogP contribution in [0.5, 0.6) is 0 Å². The summed E-state index contributed by atoms with van der Waals surface area (Å²) in [6.45, 7) is 4.64. The molecule has 28 heavy (non-hydrogen) atoms. The topological polar surface area (TPSA) is 26.0 Å². The zero-order chi connectivity index (χ0) is 19.3. The number of hydrogen-bond donors (Lipinski definition) is 1. The van der Waals surface area contributed by atoms with Gasteiger partial charge in [0, 0.05) is 11.1 Å². The summed E-state index contributed by atoms with van der Waals surface area (Å²) in [6.07, 6.45) is 0. The summed E-state index contributed by atoms with van der Waals surface area (Å²) in [4.78, 5) is 0. The summed E-state index contributed by atoms with van der Waals surface area (Å²) in [6, 6.07) is 32.4. The number of nitrogen functional groups attached to an aromatic ring is 1. The monoisotopic (exact) mass is 361 g/mol. The van der Waals surface area contributed by atoms with Gasteiger partial charge in [-0.1, -0.05) is 86.6 Å². The molecule has 2 N–H and O–H groups in total. The van der Waals surface area contributed by atoms with E-state index in [0.29, 0.717) is 0 Å². The summed E-state index contributed by atoms with van der Waals surface area (Å²) < 4.78 is 0. The molecule has 0 aliphatic heterocycles. The fraction of sp³-hybridized carbons (Fsp3) is 0.111. The molecule has 0 heterocycles. The fourth-order valence-electron chi connectivity index (χ4n) is 4.54. The minimum Gasteiger partial charge on any atom is -0.399 e. The number of anilines is 1. The van der Waals surface area contributed by atoms with Gasteiger partial charge in [0.1, 0.15) is 0 Å². The van der Waals surface area contributed by atoms with Crippen molar-refractivity contribution in [3.8, 4) is 33.4 Å². The maximum Gasteiger partial charge on any atom is 0.0320 e. The van der Waals surface area contributed by atoms with Crippen molar-refractivity contribution < 1.29 is 0 Å². The Kier molecular flexibility index (Phi) is 3.67. The quantitative estimate of drug-likeness (QED) is 0.386. The van der Waals surface area contributed by atoms with Gasteiger partial charge in [0.05, 0.1) is 0 Å². The molecule has 0 fully saturated rings. The van der Waals surface area contributed by atoms with Gasteiger partial charge in [-0.25, -0.2) is 0 Å². The molecule has 1 nitrogen and oxygen atoms in total. The highest BCUT2D eigenvalue weighted by atomic mass is 14.5. The second-order valence-corrected chi connectivity index (χ2v) is 8.10. The Morgan fingerprint density at radius 3 is 2.04 bits per heavy atom. The Bertz CT molecular complexity index is 1190. The van der Waals surface area contributed by atoms with Crippen LogP contribution < -0.4 is 5.73 Å². The molecular formula is C27H23N. The van der Waals surface area contributed by atoms with Gasteiger partial charge in [-0.05, 0) is 62.7 Å². The molecule has 0 unspecified atom stereocenters. The zero-order valence-corrected chi connectivity index (χ0v) is 16.2. The Morgan fingerprint density at radius 2 is 1.21 bits per heavy atom. The average Bonchev–Trinajstić information content (AvgIpc) is 2.96. The number of rotatable bonds is 2. The smallest absolute Gasteiger partial charge is 0.0320 e. The van der Waals surface area contributed by atoms with Crippen molar-refractivity contribution in [1.29, 1.82) is 0 Å². The number of fused-ring (bicyclic) bond motifs is 3. The molecule has 0 saturated heterocycles. The molecule has 1 heteroatoms. The van der Waals surface area contributed by atoms with Gasteiger partial charge in [0.15, 0.2) is 0 Å². The van der Waals surface area contributed by atoms with Crippen LogP contribution in [0, 0.1) is 0 Å². The van der Waals surface area contributed by atoms with Gasteiger partial charge in [0.2, 0.25) is 0 Å². The lowest BCUT2D eigenvalue weighted by Gasteiger charge is -2.22. The van der Waals surface area contributed by atoms with E-state index in [-0.39, 0.29) is 5.41 Å². The number of nitrogens with two attached hydrogens (primary N) is 1. The Hall–Kier alpha value is -3.32. The molecule has 0 amide bonds. The lowest BCUT2D eigenvalue weighted by atomic mass is 9.81. The van der Waals surface area contributed by atoms with E-state index in [1.807, 2.05) is 6.07 Å². The summed E-state index contributed by atoms with van der Waals surface area (Å²) >= 11 is 0. The minimum atomic E-state index is -0.00479. The molecule has 4 aromatic carbocycles. The van der Waals surface area contributed by atoms with Crippen molar-refractivity contribution in [2.75, 3.05) is 5.73 Å². The van der Waals surface area contributed by atoms with Crippen LogP contribution in [0.1, 0.15) is 25.0 Å². The third-order valence-electron chi connectivity index (χ3n) is 6.02. The predicted octanol–water partition coefficient (Wildman–Crippen LogP) is 6.91. The molecule has 0 radical (unpaired) electrons. The molecule has 0 saturated carbocycles. The van der Waals surface area contributed by atoms with Crippen molar-refractivity contribution in [2.45, 2.75) is 19.3 Å². The van der Waals surface area contributed by atoms with Gasteiger partial charge in [-0.3, -0.25) is 0 Å². The second-order valence-electron chi connectivity index (χ2n) is 8.10. The van der Waals surface area contributed by atoms with Gasteiger partial charge in [-0.15, -0.1) is 0 Å². The predicted molar refractivity (Wildman–Crippen MR) is 119 cm³/mol.